The third-order valence-electron chi connectivity index (χ3n) is 6.16. The molecule has 2 atom stereocenters. The van der Waals surface area contributed by atoms with Gasteiger partial charge in [-0.3, -0.25) is 4.79 Å². The number of hydrogen-bond donors (Lipinski definition) is 1. The summed E-state index contributed by atoms with van der Waals surface area (Å²) in [6, 6.07) is 16.3. The Kier molecular flexibility index (Phi) is 5.60. The highest BCUT2D eigenvalue weighted by atomic mass is 16.5. The molecule has 2 aliphatic rings. The van der Waals surface area contributed by atoms with E-state index in [9.17, 15) is 9.59 Å². The molecule has 1 unspecified atom stereocenters. The van der Waals surface area contributed by atoms with Gasteiger partial charge in [-0.25, -0.2) is 14.3 Å². The lowest BCUT2D eigenvalue weighted by molar-refractivity contribution is -0.695. The van der Waals surface area contributed by atoms with Gasteiger partial charge in [-0.2, -0.15) is 4.90 Å². The van der Waals surface area contributed by atoms with E-state index in [1.54, 1.807) is 29.1 Å². The maximum atomic E-state index is 13.7. The number of nitrogen functional groups attached to an aromatic ring is 1. The van der Waals surface area contributed by atoms with Crippen LogP contribution in [0.2, 0.25) is 0 Å². The molecule has 8 nitrogen and oxygen atoms in total. The minimum absolute atomic E-state index is 0.0497. The number of benzene rings is 2. The second-order valence-electron chi connectivity index (χ2n) is 8.25. The molecule has 0 aliphatic carbocycles. The van der Waals surface area contributed by atoms with E-state index in [-0.39, 0.29) is 23.6 Å². The van der Waals surface area contributed by atoms with Crippen LogP contribution in [0.4, 0.5) is 17.3 Å². The standard InChI is InChI=1S/C26H24N5O3/c1-2-6-22(32)29-15-13-18(17-29)23-26(33)31(25-24(27)28-14-16-30(23)25)19-9-11-21(12-10-19)34-20-7-4-3-5-8-20/h3-5,7-12,14,16,18,23H,13,15,17H2,1H3,(H2,27,28)/q+1/t18-,23?/m1/s1. The highest BCUT2D eigenvalue weighted by molar-refractivity contribution is 6.04. The van der Waals surface area contributed by atoms with Crippen LogP contribution in [0.1, 0.15) is 19.4 Å². The van der Waals surface area contributed by atoms with Gasteiger partial charge in [0.15, 0.2) is 0 Å². The fraction of sp³-hybridized carbons (Fsp3) is 0.231. The fourth-order valence-corrected chi connectivity index (χ4v) is 4.64. The van der Waals surface area contributed by atoms with Gasteiger partial charge in [-0.05, 0) is 55.7 Å². The van der Waals surface area contributed by atoms with Gasteiger partial charge in [0.1, 0.15) is 23.4 Å². The summed E-state index contributed by atoms with van der Waals surface area (Å²) < 4.78 is 7.76. The summed E-state index contributed by atoms with van der Waals surface area (Å²) >= 11 is 0. The lowest BCUT2D eigenvalue weighted by atomic mass is 9.98. The van der Waals surface area contributed by atoms with Crippen molar-refractivity contribution in [2.45, 2.75) is 19.4 Å². The second-order valence-corrected chi connectivity index (χ2v) is 8.25. The van der Waals surface area contributed by atoms with Crippen molar-refractivity contribution in [2.24, 2.45) is 5.92 Å². The third kappa shape index (κ3) is 3.82. The summed E-state index contributed by atoms with van der Waals surface area (Å²) in [6.45, 7) is 2.68. The topological polar surface area (TPSA) is 92.6 Å². The highest BCUT2D eigenvalue weighted by Gasteiger charge is 2.53. The van der Waals surface area contributed by atoms with Crippen molar-refractivity contribution in [2.75, 3.05) is 23.7 Å². The number of para-hydroxylation sites is 1. The number of nitrogens with zero attached hydrogens (tertiary/aromatic N) is 4. The zero-order valence-electron chi connectivity index (χ0n) is 18.7. The normalized spacial score (nSPS) is 18.9. The number of anilines is 3. The number of ether oxygens (including phenoxy) is 1. The maximum absolute atomic E-state index is 13.7. The fourth-order valence-electron chi connectivity index (χ4n) is 4.64. The number of fused-ring (bicyclic) bond motifs is 1. The molecule has 0 spiro atoms. The number of likely N-dealkylation sites (tertiary alicyclic amines) is 1. The first kappa shape index (κ1) is 21.5. The predicted molar refractivity (Wildman–Crippen MR) is 126 cm³/mol. The molecule has 0 saturated carbocycles. The average molecular weight is 455 g/mol. The van der Waals surface area contributed by atoms with Crippen LogP contribution in [-0.4, -0.2) is 34.8 Å². The van der Waals surface area contributed by atoms with Crippen molar-refractivity contribution in [3.05, 3.63) is 67.0 Å². The third-order valence-corrected chi connectivity index (χ3v) is 6.16. The Balaban J connectivity index is 1.43. The van der Waals surface area contributed by atoms with Crippen molar-refractivity contribution in [1.82, 2.24) is 9.88 Å². The molecule has 170 valence electrons. The number of aromatic nitrogens is 2. The molecule has 0 radical (unpaired) electrons. The largest absolute Gasteiger partial charge is 0.457 e. The van der Waals surface area contributed by atoms with E-state index in [4.69, 9.17) is 10.5 Å². The number of amides is 2. The Morgan fingerprint density at radius 1 is 1.15 bits per heavy atom. The molecule has 2 N–H and O–H groups in total. The molecule has 2 aromatic carbocycles. The molecule has 3 aromatic rings. The summed E-state index contributed by atoms with van der Waals surface area (Å²) in [5.74, 6) is 7.08. The van der Waals surface area contributed by atoms with Crippen molar-refractivity contribution in [1.29, 1.82) is 0 Å². The molecule has 2 aliphatic heterocycles. The lowest BCUT2D eigenvalue weighted by Gasteiger charge is -2.15. The Labute approximate surface area is 197 Å². The number of nitrogens with two attached hydrogens (primary N) is 1. The first-order valence-corrected chi connectivity index (χ1v) is 11.1. The van der Waals surface area contributed by atoms with E-state index < -0.39 is 6.04 Å². The average Bonchev–Trinajstić information content (AvgIpc) is 3.43. The quantitative estimate of drug-likeness (QED) is 0.483. The summed E-state index contributed by atoms with van der Waals surface area (Å²) in [5.41, 5.74) is 6.91. The van der Waals surface area contributed by atoms with E-state index >= 15 is 0 Å². The van der Waals surface area contributed by atoms with E-state index in [0.717, 1.165) is 5.75 Å². The van der Waals surface area contributed by atoms with Crippen LogP contribution in [0.25, 0.3) is 0 Å². The van der Waals surface area contributed by atoms with E-state index in [0.29, 0.717) is 36.8 Å². The molecule has 3 heterocycles. The Morgan fingerprint density at radius 2 is 1.88 bits per heavy atom. The number of hydrogen-bond acceptors (Lipinski definition) is 5. The Hall–Kier alpha value is -4.38. The first-order chi connectivity index (χ1) is 16.6. The molecule has 34 heavy (non-hydrogen) atoms. The molecule has 1 fully saturated rings. The van der Waals surface area contributed by atoms with Crippen molar-refractivity contribution in [3.8, 4) is 23.3 Å². The SMILES string of the molecule is CC#CC(=O)N1CC[C@@H](C2C(=O)N(c3ccc(Oc4ccccc4)cc3)c3c(N)ncc[n+]32)C1. The van der Waals surface area contributed by atoms with Crippen LogP contribution in [0.3, 0.4) is 0 Å². The Bertz CT molecular complexity index is 1300. The number of carbonyl (C=O) groups is 2. The molecular formula is C26H24N5O3+. The van der Waals surface area contributed by atoms with Crippen LogP contribution in [0.5, 0.6) is 11.5 Å². The molecule has 1 saturated heterocycles. The van der Waals surface area contributed by atoms with Crippen LogP contribution in [0.15, 0.2) is 67.0 Å². The van der Waals surface area contributed by atoms with Gasteiger partial charge in [-0.15, -0.1) is 0 Å². The lowest BCUT2D eigenvalue weighted by Crippen LogP contribution is -2.44. The van der Waals surface area contributed by atoms with Crippen molar-refractivity contribution < 1.29 is 18.9 Å². The molecule has 1 aromatic heterocycles. The van der Waals surface area contributed by atoms with Crippen molar-refractivity contribution in [3.63, 3.8) is 0 Å². The molecule has 5 rings (SSSR count). The number of rotatable bonds is 4. The first-order valence-electron chi connectivity index (χ1n) is 11.1. The van der Waals surface area contributed by atoms with Crippen LogP contribution >= 0.6 is 0 Å². The van der Waals surface area contributed by atoms with E-state index in [1.807, 2.05) is 59.2 Å². The summed E-state index contributed by atoms with van der Waals surface area (Å²) in [4.78, 5) is 33.5. The van der Waals surface area contributed by atoms with Crippen molar-refractivity contribution >= 4 is 29.1 Å². The van der Waals surface area contributed by atoms with Gasteiger partial charge in [0, 0.05) is 19.0 Å². The minimum atomic E-state index is -0.479. The van der Waals surface area contributed by atoms with Gasteiger partial charge in [0.05, 0.1) is 6.20 Å². The molecule has 2 amide bonds. The number of carbonyl (C=O) groups excluding carboxylic acids is 2. The maximum Gasteiger partial charge on any atom is 0.360 e. The second kappa shape index (κ2) is 8.87. The van der Waals surface area contributed by atoms with Crippen LogP contribution in [0, 0.1) is 17.8 Å². The molecular weight excluding hydrogens is 430 g/mol. The Morgan fingerprint density at radius 3 is 2.62 bits per heavy atom. The minimum Gasteiger partial charge on any atom is -0.457 e. The van der Waals surface area contributed by atoms with Crippen LogP contribution < -0.4 is 19.9 Å². The predicted octanol–water partition coefficient (Wildman–Crippen LogP) is 2.83. The molecule has 8 heteroatoms. The highest BCUT2D eigenvalue weighted by Crippen LogP contribution is 2.39. The monoisotopic (exact) mass is 454 g/mol. The van der Waals surface area contributed by atoms with E-state index in [1.165, 1.54) is 0 Å². The van der Waals surface area contributed by atoms with Crippen LogP contribution in [-0.2, 0) is 9.59 Å². The summed E-state index contributed by atoms with van der Waals surface area (Å²) in [5, 5.41) is 0. The van der Waals surface area contributed by atoms with Gasteiger partial charge in [0.2, 0.25) is 11.9 Å². The molecule has 0 bridgehead atoms. The summed E-state index contributed by atoms with van der Waals surface area (Å²) in [6.07, 6.45) is 4.08. The zero-order chi connectivity index (χ0) is 23.7. The van der Waals surface area contributed by atoms with Gasteiger partial charge in [-0.1, -0.05) is 24.1 Å². The zero-order valence-corrected chi connectivity index (χ0v) is 18.7. The van der Waals surface area contributed by atoms with Gasteiger partial charge >= 0.3 is 11.7 Å². The van der Waals surface area contributed by atoms with Gasteiger partial charge in [0.25, 0.3) is 5.91 Å². The van der Waals surface area contributed by atoms with Gasteiger partial charge < -0.3 is 15.4 Å². The summed E-state index contributed by atoms with van der Waals surface area (Å²) in [7, 11) is 0. The smallest absolute Gasteiger partial charge is 0.360 e. The van der Waals surface area contributed by atoms with E-state index in [2.05, 4.69) is 16.8 Å².